The first-order valence-corrected chi connectivity index (χ1v) is 12.9. The van der Waals surface area contributed by atoms with E-state index in [0.29, 0.717) is 40.5 Å². The van der Waals surface area contributed by atoms with E-state index in [1.807, 2.05) is 30.3 Å². The van der Waals surface area contributed by atoms with Crippen LogP contribution in [0.5, 0.6) is 0 Å². The van der Waals surface area contributed by atoms with E-state index in [1.165, 1.54) is 23.9 Å². The van der Waals surface area contributed by atoms with Crippen LogP contribution in [0.15, 0.2) is 82.7 Å². The van der Waals surface area contributed by atoms with Crippen molar-refractivity contribution in [3.63, 3.8) is 0 Å². The van der Waals surface area contributed by atoms with Crippen LogP contribution in [0.4, 0.5) is 4.39 Å². The van der Waals surface area contributed by atoms with Crippen molar-refractivity contribution in [2.45, 2.75) is 36.4 Å². The molecule has 0 saturated carbocycles. The van der Waals surface area contributed by atoms with Gasteiger partial charge < -0.3 is 10.1 Å². The van der Waals surface area contributed by atoms with Crippen LogP contribution in [0.3, 0.4) is 0 Å². The molecule has 8 heteroatoms. The molecule has 1 N–H and O–H groups in total. The van der Waals surface area contributed by atoms with Gasteiger partial charge in [-0.1, -0.05) is 48.2 Å². The summed E-state index contributed by atoms with van der Waals surface area (Å²) in [5, 5.41) is 4.06. The fourth-order valence-corrected chi connectivity index (χ4v) is 5.14. The number of aromatic nitrogens is 2. The number of carbonyl (C=O) groups is 1. The summed E-state index contributed by atoms with van der Waals surface area (Å²) >= 11 is 1.43. The minimum Gasteiger partial charge on any atom is -0.376 e. The first-order chi connectivity index (χ1) is 17.6. The van der Waals surface area contributed by atoms with Crippen LogP contribution in [-0.2, 0) is 17.0 Å². The summed E-state index contributed by atoms with van der Waals surface area (Å²) in [4.78, 5) is 30.6. The zero-order valence-electron chi connectivity index (χ0n) is 19.7. The van der Waals surface area contributed by atoms with Crippen molar-refractivity contribution in [1.29, 1.82) is 0 Å². The van der Waals surface area contributed by atoms with Crippen molar-refractivity contribution in [1.82, 2.24) is 14.9 Å². The van der Waals surface area contributed by atoms with Crippen molar-refractivity contribution in [3.05, 3.63) is 106 Å². The predicted octanol–water partition coefficient (Wildman–Crippen LogP) is 4.79. The standard InChI is InChI=1S/C28H26FN3O3S/c29-22-13-9-20(10-14-22)18-36-28-31-25-6-2-1-5-24(25)27(34)32(28)17-19-7-11-21(12-8-19)26(33)30-16-23-4-3-15-35-23/h1-2,5-14,23H,3-4,15-18H2,(H,30,33)/t23-/m1/s1. The van der Waals surface area contributed by atoms with E-state index in [0.717, 1.165) is 30.6 Å². The number of halogens is 1. The monoisotopic (exact) mass is 503 g/mol. The van der Waals surface area contributed by atoms with Crippen molar-refractivity contribution < 1.29 is 13.9 Å². The van der Waals surface area contributed by atoms with Crippen molar-refractivity contribution in [2.75, 3.05) is 13.2 Å². The molecule has 1 amide bonds. The number of nitrogens with zero attached hydrogens (tertiary/aromatic N) is 2. The number of ether oxygens (including phenoxy) is 1. The second-order valence-electron chi connectivity index (χ2n) is 8.76. The number of rotatable bonds is 8. The fourth-order valence-electron chi connectivity index (χ4n) is 4.18. The lowest BCUT2D eigenvalue weighted by atomic mass is 10.1. The van der Waals surface area contributed by atoms with E-state index in [4.69, 9.17) is 9.72 Å². The Hall–Kier alpha value is -3.49. The first-order valence-electron chi connectivity index (χ1n) is 11.9. The average molecular weight is 504 g/mol. The highest BCUT2D eigenvalue weighted by molar-refractivity contribution is 7.98. The van der Waals surface area contributed by atoms with Crippen molar-refractivity contribution in [2.24, 2.45) is 0 Å². The number of amides is 1. The van der Waals surface area contributed by atoms with Crippen LogP contribution >= 0.6 is 11.8 Å². The molecule has 5 rings (SSSR count). The minimum atomic E-state index is -0.284. The number of benzene rings is 3. The maximum Gasteiger partial charge on any atom is 0.262 e. The molecule has 1 aromatic heterocycles. The molecule has 3 aromatic carbocycles. The van der Waals surface area contributed by atoms with Gasteiger partial charge >= 0.3 is 0 Å². The number of para-hydroxylation sites is 1. The summed E-state index contributed by atoms with van der Waals surface area (Å²) in [6.07, 6.45) is 2.09. The first kappa shape index (κ1) is 24.2. The predicted molar refractivity (Wildman–Crippen MR) is 139 cm³/mol. The summed E-state index contributed by atoms with van der Waals surface area (Å²) in [6, 6.07) is 20.9. The summed E-state index contributed by atoms with van der Waals surface area (Å²) in [6.45, 7) is 1.58. The minimum absolute atomic E-state index is 0.0892. The van der Waals surface area contributed by atoms with E-state index < -0.39 is 0 Å². The van der Waals surface area contributed by atoms with E-state index >= 15 is 0 Å². The van der Waals surface area contributed by atoms with Gasteiger partial charge in [-0.3, -0.25) is 14.2 Å². The van der Waals surface area contributed by atoms with Crippen LogP contribution in [0.2, 0.25) is 0 Å². The van der Waals surface area contributed by atoms with E-state index in [2.05, 4.69) is 5.32 Å². The van der Waals surface area contributed by atoms with Crippen LogP contribution in [0.1, 0.15) is 34.3 Å². The van der Waals surface area contributed by atoms with Gasteiger partial charge in [-0.2, -0.15) is 0 Å². The fraction of sp³-hybridized carbons (Fsp3) is 0.250. The number of carbonyl (C=O) groups excluding carboxylic acids is 1. The molecule has 1 fully saturated rings. The number of fused-ring (bicyclic) bond motifs is 1. The Morgan fingerprint density at radius 2 is 1.81 bits per heavy atom. The third-order valence-corrected chi connectivity index (χ3v) is 7.23. The lowest BCUT2D eigenvalue weighted by Crippen LogP contribution is -2.31. The molecule has 0 unspecified atom stereocenters. The maximum absolute atomic E-state index is 13.4. The third kappa shape index (κ3) is 5.66. The molecule has 0 aliphatic carbocycles. The molecular weight excluding hydrogens is 477 g/mol. The van der Waals surface area contributed by atoms with Gasteiger partial charge in [0.1, 0.15) is 5.82 Å². The molecule has 0 radical (unpaired) electrons. The van der Waals surface area contributed by atoms with Gasteiger partial charge in [0.2, 0.25) is 0 Å². The molecule has 1 atom stereocenters. The van der Waals surface area contributed by atoms with Crippen molar-refractivity contribution in [3.8, 4) is 0 Å². The van der Waals surface area contributed by atoms with Gasteiger partial charge in [-0.25, -0.2) is 9.37 Å². The van der Waals surface area contributed by atoms with Gasteiger partial charge in [-0.15, -0.1) is 0 Å². The highest BCUT2D eigenvalue weighted by atomic mass is 32.2. The van der Waals surface area contributed by atoms with Gasteiger partial charge in [0.25, 0.3) is 11.5 Å². The zero-order valence-corrected chi connectivity index (χ0v) is 20.5. The smallest absolute Gasteiger partial charge is 0.262 e. The molecule has 36 heavy (non-hydrogen) atoms. The highest BCUT2D eigenvalue weighted by Crippen LogP contribution is 2.23. The van der Waals surface area contributed by atoms with Crippen LogP contribution in [0.25, 0.3) is 10.9 Å². The Morgan fingerprint density at radius 3 is 2.56 bits per heavy atom. The normalized spacial score (nSPS) is 15.3. The molecule has 4 aromatic rings. The SMILES string of the molecule is O=C(NC[C@H]1CCCO1)c1ccc(Cn2c(SCc3ccc(F)cc3)nc3ccccc3c2=O)cc1. The highest BCUT2D eigenvalue weighted by Gasteiger charge is 2.17. The van der Waals surface area contributed by atoms with Crippen LogP contribution in [-0.4, -0.2) is 34.7 Å². The molecule has 1 aliphatic heterocycles. The molecule has 184 valence electrons. The quantitative estimate of drug-likeness (QED) is 0.277. The summed E-state index contributed by atoms with van der Waals surface area (Å²) in [5.74, 6) is 0.125. The van der Waals surface area contributed by atoms with Gasteiger partial charge in [-0.05, 0) is 60.4 Å². The molecule has 6 nitrogen and oxygen atoms in total. The van der Waals surface area contributed by atoms with Gasteiger partial charge in [0.05, 0.1) is 23.6 Å². The third-order valence-electron chi connectivity index (χ3n) is 6.18. The lowest BCUT2D eigenvalue weighted by Gasteiger charge is -2.14. The molecular formula is C28H26FN3O3S. The summed E-state index contributed by atoms with van der Waals surface area (Å²) in [5.41, 5.74) is 2.90. The molecule has 0 bridgehead atoms. The van der Waals surface area contributed by atoms with Gasteiger partial charge in [0.15, 0.2) is 5.16 Å². The Labute approximate surface area is 212 Å². The summed E-state index contributed by atoms with van der Waals surface area (Å²) in [7, 11) is 0. The zero-order chi connectivity index (χ0) is 24.9. The lowest BCUT2D eigenvalue weighted by molar-refractivity contribution is 0.0858. The van der Waals surface area contributed by atoms with E-state index in [-0.39, 0.29) is 23.4 Å². The van der Waals surface area contributed by atoms with Gasteiger partial charge in [0, 0.05) is 24.5 Å². The molecule has 1 aliphatic rings. The number of thioether (sulfide) groups is 1. The van der Waals surface area contributed by atoms with Crippen LogP contribution in [0, 0.1) is 5.82 Å². The Morgan fingerprint density at radius 1 is 1.06 bits per heavy atom. The van der Waals surface area contributed by atoms with E-state index in [9.17, 15) is 14.0 Å². The Kier molecular flexibility index (Phi) is 7.44. The Balaban J connectivity index is 1.35. The van der Waals surface area contributed by atoms with Crippen LogP contribution < -0.4 is 10.9 Å². The average Bonchev–Trinajstić information content (AvgIpc) is 3.43. The maximum atomic E-state index is 13.4. The summed E-state index contributed by atoms with van der Waals surface area (Å²) < 4.78 is 20.5. The second-order valence-corrected chi connectivity index (χ2v) is 9.70. The largest absolute Gasteiger partial charge is 0.376 e. The second kappa shape index (κ2) is 11.1. The molecule has 2 heterocycles. The number of hydrogen-bond donors (Lipinski definition) is 1. The number of hydrogen-bond acceptors (Lipinski definition) is 5. The van der Waals surface area contributed by atoms with Crippen molar-refractivity contribution >= 4 is 28.6 Å². The molecule has 1 saturated heterocycles. The Bertz CT molecular complexity index is 1420. The van der Waals surface area contributed by atoms with E-state index in [1.54, 1.807) is 34.9 Å². The number of nitrogens with one attached hydrogen (secondary N) is 1. The molecule has 0 spiro atoms. The topological polar surface area (TPSA) is 73.2 Å².